The second-order valence-electron chi connectivity index (χ2n) is 6.87. The van der Waals surface area contributed by atoms with Gasteiger partial charge in [-0.25, -0.2) is 0 Å². The topological polar surface area (TPSA) is 73.2 Å². The SMILES string of the molecule is CC(=O)N(CCNC(=O)C(c1ccccc1)c1ccccc1)c1ccc(C#N)cc1. The first kappa shape index (κ1) is 20.8. The molecule has 0 radical (unpaired) electrons. The van der Waals surface area contributed by atoms with E-state index in [1.54, 1.807) is 29.2 Å². The molecule has 0 atom stereocenters. The van der Waals surface area contributed by atoms with Crippen molar-refractivity contribution < 1.29 is 9.59 Å². The average molecular weight is 397 g/mol. The van der Waals surface area contributed by atoms with Crippen LogP contribution in [0.3, 0.4) is 0 Å². The Kier molecular flexibility index (Phi) is 6.96. The highest BCUT2D eigenvalue weighted by atomic mass is 16.2. The van der Waals surface area contributed by atoms with Crippen molar-refractivity contribution in [3.63, 3.8) is 0 Å². The molecule has 5 nitrogen and oxygen atoms in total. The first-order chi connectivity index (χ1) is 14.6. The Morgan fingerprint density at radius 3 is 1.90 bits per heavy atom. The lowest BCUT2D eigenvalue weighted by Gasteiger charge is -2.23. The van der Waals surface area contributed by atoms with E-state index in [9.17, 15) is 9.59 Å². The number of benzene rings is 3. The van der Waals surface area contributed by atoms with Crippen molar-refractivity contribution in [3.8, 4) is 6.07 Å². The predicted molar refractivity (Wildman–Crippen MR) is 117 cm³/mol. The first-order valence-electron chi connectivity index (χ1n) is 9.76. The number of nitrogens with zero attached hydrogens (tertiary/aromatic N) is 2. The predicted octanol–water partition coefficient (Wildman–Crippen LogP) is 3.86. The number of anilines is 1. The van der Waals surface area contributed by atoms with E-state index in [0.717, 1.165) is 11.1 Å². The number of carbonyl (C=O) groups is 2. The van der Waals surface area contributed by atoms with Gasteiger partial charge >= 0.3 is 0 Å². The quantitative estimate of drug-likeness (QED) is 0.658. The lowest BCUT2D eigenvalue weighted by atomic mass is 9.90. The second kappa shape index (κ2) is 10.0. The third kappa shape index (κ3) is 5.12. The monoisotopic (exact) mass is 397 g/mol. The molecule has 3 aromatic rings. The lowest BCUT2D eigenvalue weighted by molar-refractivity contribution is -0.122. The van der Waals surface area contributed by atoms with Crippen molar-refractivity contribution in [2.75, 3.05) is 18.0 Å². The van der Waals surface area contributed by atoms with Gasteiger partial charge in [0.15, 0.2) is 0 Å². The molecule has 0 heterocycles. The van der Waals surface area contributed by atoms with Crippen molar-refractivity contribution in [1.29, 1.82) is 5.26 Å². The summed E-state index contributed by atoms with van der Waals surface area (Å²) in [5.74, 6) is -0.666. The van der Waals surface area contributed by atoms with E-state index in [1.165, 1.54) is 6.92 Å². The van der Waals surface area contributed by atoms with E-state index in [-0.39, 0.29) is 11.8 Å². The van der Waals surface area contributed by atoms with Crippen LogP contribution in [0.1, 0.15) is 29.5 Å². The van der Waals surface area contributed by atoms with Crippen LogP contribution in [-0.4, -0.2) is 24.9 Å². The van der Waals surface area contributed by atoms with Crippen LogP contribution in [0.25, 0.3) is 0 Å². The fourth-order valence-electron chi connectivity index (χ4n) is 3.36. The average Bonchev–Trinajstić information content (AvgIpc) is 2.78. The molecule has 30 heavy (non-hydrogen) atoms. The van der Waals surface area contributed by atoms with E-state index < -0.39 is 5.92 Å². The summed E-state index contributed by atoms with van der Waals surface area (Å²) < 4.78 is 0. The number of rotatable bonds is 7. The highest BCUT2D eigenvalue weighted by Gasteiger charge is 2.22. The molecule has 5 heteroatoms. The van der Waals surface area contributed by atoms with Gasteiger partial charge in [-0.15, -0.1) is 0 Å². The van der Waals surface area contributed by atoms with Gasteiger partial charge in [-0.2, -0.15) is 5.26 Å². The van der Waals surface area contributed by atoms with Gasteiger partial charge in [-0.05, 0) is 35.4 Å². The van der Waals surface area contributed by atoms with Crippen LogP contribution in [0.4, 0.5) is 5.69 Å². The van der Waals surface area contributed by atoms with E-state index in [1.807, 2.05) is 60.7 Å². The maximum absolute atomic E-state index is 13.1. The van der Waals surface area contributed by atoms with Gasteiger partial charge in [0.1, 0.15) is 0 Å². The highest BCUT2D eigenvalue weighted by Crippen LogP contribution is 2.24. The molecular formula is C25H23N3O2. The molecule has 0 aliphatic heterocycles. The van der Waals surface area contributed by atoms with Gasteiger partial charge < -0.3 is 10.2 Å². The fraction of sp³-hybridized carbons (Fsp3) is 0.160. The molecule has 0 fully saturated rings. The van der Waals surface area contributed by atoms with Crippen molar-refractivity contribution in [2.24, 2.45) is 0 Å². The number of carbonyl (C=O) groups excluding carboxylic acids is 2. The number of amides is 2. The Balaban J connectivity index is 1.71. The summed E-state index contributed by atoms with van der Waals surface area (Å²) in [4.78, 5) is 26.7. The maximum Gasteiger partial charge on any atom is 0.232 e. The summed E-state index contributed by atoms with van der Waals surface area (Å²) in [5.41, 5.74) is 3.05. The Morgan fingerprint density at radius 2 is 1.43 bits per heavy atom. The molecule has 0 spiro atoms. The van der Waals surface area contributed by atoms with Crippen LogP contribution in [-0.2, 0) is 9.59 Å². The zero-order valence-corrected chi connectivity index (χ0v) is 16.8. The zero-order chi connectivity index (χ0) is 21.3. The Labute approximate surface area is 176 Å². The van der Waals surface area contributed by atoms with Gasteiger partial charge in [0, 0.05) is 25.7 Å². The molecule has 0 bridgehead atoms. The van der Waals surface area contributed by atoms with E-state index >= 15 is 0 Å². The fourth-order valence-corrected chi connectivity index (χ4v) is 3.36. The maximum atomic E-state index is 13.1. The molecule has 2 amide bonds. The Bertz CT molecular complexity index is 986. The molecular weight excluding hydrogens is 374 g/mol. The summed E-state index contributed by atoms with van der Waals surface area (Å²) >= 11 is 0. The minimum absolute atomic E-state index is 0.115. The first-order valence-corrected chi connectivity index (χ1v) is 9.76. The summed E-state index contributed by atoms with van der Waals surface area (Å²) in [6, 6.07) is 28.2. The van der Waals surface area contributed by atoms with Gasteiger partial charge in [0.05, 0.1) is 17.6 Å². The van der Waals surface area contributed by atoms with E-state index in [0.29, 0.717) is 24.3 Å². The molecule has 0 aromatic heterocycles. The normalized spacial score (nSPS) is 10.3. The molecule has 3 aromatic carbocycles. The third-order valence-electron chi connectivity index (χ3n) is 4.85. The van der Waals surface area contributed by atoms with Gasteiger partial charge in [0.25, 0.3) is 0 Å². The number of nitriles is 1. The van der Waals surface area contributed by atoms with Crippen molar-refractivity contribution in [2.45, 2.75) is 12.8 Å². The largest absolute Gasteiger partial charge is 0.353 e. The summed E-state index contributed by atoms with van der Waals surface area (Å²) in [6.07, 6.45) is 0. The van der Waals surface area contributed by atoms with Crippen LogP contribution >= 0.6 is 0 Å². The number of hydrogen-bond donors (Lipinski definition) is 1. The Hall–Kier alpha value is -3.91. The molecule has 1 N–H and O–H groups in total. The molecule has 0 aliphatic rings. The third-order valence-corrected chi connectivity index (χ3v) is 4.85. The van der Waals surface area contributed by atoms with Crippen LogP contribution in [0, 0.1) is 11.3 Å². The molecule has 0 unspecified atom stereocenters. The van der Waals surface area contributed by atoms with Gasteiger partial charge in [0.2, 0.25) is 11.8 Å². The van der Waals surface area contributed by atoms with Crippen molar-refractivity contribution >= 4 is 17.5 Å². The van der Waals surface area contributed by atoms with Gasteiger partial charge in [-0.1, -0.05) is 60.7 Å². The molecule has 0 aliphatic carbocycles. The highest BCUT2D eigenvalue weighted by molar-refractivity contribution is 5.92. The summed E-state index contributed by atoms with van der Waals surface area (Å²) in [5, 5.41) is 11.9. The summed E-state index contributed by atoms with van der Waals surface area (Å²) in [6.45, 7) is 2.13. The van der Waals surface area contributed by atoms with Crippen LogP contribution < -0.4 is 10.2 Å². The number of hydrogen-bond acceptors (Lipinski definition) is 3. The Morgan fingerprint density at radius 1 is 0.900 bits per heavy atom. The molecule has 3 rings (SSSR count). The molecule has 0 saturated carbocycles. The standard InChI is InChI=1S/C25H23N3O2/c1-19(29)28(23-14-12-20(18-26)13-15-23)17-16-27-25(30)24(21-8-4-2-5-9-21)22-10-6-3-7-11-22/h2-15,24H,16-17H2,1H3,(H,27,30). The van der Waals surface area contributed by atoms with E-state index in [4.69, 9.17) is 5.26 Å². The van der Waals surface area contributed by atoms with Crippen LogP contribution in [0.5, 0.6) is 0 Å². The van der Waals surface area contributed by atoms with Crippen LogP contribution in [0.2, 0.25) is 0 Å². The minimum Gasteiger partial charge on any atom is -0.353 e. The summed E-state index contributed by atoms with van der Waals surface area (Å²) in [7, 11) is 0. The lowest BCUT2D eigenvalue weighted by Crippen LogP contribution is -2.39. The smallest absolute Gasteiger partial charge is 0.232 e. The van der Waals surface area contributed by atoms with E-state index in [2.05, 4.69) is 11.4 Å². The van der Waals surface area contributed by atoms with Crippen molar-refractivity contribution in [3.05, 3.63) is 102 Å². The minimum atomic E-state index is -0.423. The van der Waals surface area contributed by atoms with Gasteiger partial charge in [-0.3, -0.25) is 9.59 Å². The van der Waals surface area contributed by atoms with Crippen molar-refractivity contribution in [1.82, 2.24) is 5.32 Å². The zero-order valence-electron chi connectivity index (χ0n) is 16.8. The second-order valence-corrected chi connectivity index (χ2v) is 6.87. The van der Waals surface area contributed by atoms with Crippen LogP contribution in [0.15, 0.2) is 84.9 Å². The molecule has 150 valence electrons. The number of nitrogens with one attached hydrogen (secondary N) is 1. The molecule has 0 saturated heterocycles.